The number of aromatic nitrogens is 2. The van der Waals surface area contributed by atoms with Crippen molar-refractivity contribution < 1.29 is 38.5 Å². The third-order valence-corrected chi connectivity index (χ3v) is 9.52. The summed E-state index contributed by atoms with van der Waals surface area (Å²) in [5.41, 5.74) is -1.70. The van der Waals surface area contributed by atoms with Crippen molar-refractivity contribution in [2.45, 2.75) is 50.3 Å². The maximum atomic E-state index is 13.6. The van der Waals surface area contributed by atoms with Crippen LogP contribution in [0.5, 0.6) is 0 Å². The maximum Gasteiger partial charge on any atom is 0.405 e. The normalized spacial score (nSPS) is 25.4. The van der Waals surface area contributed by atoms with Crippen LogP contribution in [0.4, 0.5) is 5.82 Å². The zero-order valence-electron chi connectivity index (χ0n) is 23.3. The van der Waals surface area contributed by atoms with Crippen LogP contribution < -0.4 is 15.7 Å². The van der Waals surface area contributed by atoms with Gasteiger partial charge < -0.3 is 25.0 Å². The summed E-state index contributed by atoms with van der Waals surface area (Å²) >= 11 is 0.849. The standard InChI is InChI=1S/C27H37N4O9PS/c1-19(17-32)24(34)42-15-14-38-41(37,28-16-20-8-4-3-5-9-20)39-18-21-23(33)27(2,36)25(40-21)31-13-10-22(29-26(31)35)30-11-6-7-12-30/h3-5,8-10,13,21,23,25,32-33,36H,1,6-7,11-12,14-18H2,2H3,(H,28,37)/t21-,23-,25-,27-,41?/m1/s1. The van der Waals surface area contributed by atoms with Crippen LogP contribution in [-0.2, 0) is 29.7 Å². The van der Waals surface area contributed by atoms with Crippen molar-refractivity contribution in [1.82, 2.24) is 14.6 Å². The number of benzene rings is 1. The molecule has 2 aliphatic rings. The van der Waals surface area contributed by atoms with E-state index in [4.69, 9.17) is 18.9 Å². The van der Waals surface area contributed by atoms with E-state index in [2.05, 4.69) is 16.7 Å². The third kappa shape index (κ3) is 7.95. The number of rotatable bonds is 14. The predicted octanol–water partition coefficient (Wildman–Crippen LogP) is 1.59. The highest BCUT2D eigenvalue weighted by Crippen LogP contribution is 2.46. The summed E-state index contributed by atoms with van der Waals surface area (Å²) in [7, 11) is -4.02. The minimum Gasteiger partial charge on any atom is -0.392 e. The van der Waals surface area contributed by atoms with Gasteiger partial charge in [0.2, 0.25) is 5.12 Å². The molecule has 0 radical (unpaired) electrons. The molecule has 0 spiro atoms. The minimum absolute atomic E-state index is 0.0376. The molecule has 2 saturated heterocycles. The summed E-state index contributed by atoms with van der Waals surface area (Å²) in [5.74, 6) is 0.649. The zero-order valence-corrected chi connectivity index (χ0v) is 25.0. The van der Waals surface area contributed by atoms with Gasteiger partial charge in [-0.05, 0) is 31.4 Å². The number of carbonyl (C=O) groups is 1. The Hall–Kier alpha value is -2.39. The number of anilines is 1. The molecule has 2 aliphatic heterocycles. The predicted molar refractivity (Wildman–Crippen MR) is 157 cm³/mol. The van der Waals surface area contributed by atoms with Crippen LogP contribution in [0.25, 0.3) is 0 Å². The SMILES string of the molecule is C=C(CO)C(=O)SCCOP(=O)(NCc1ccccc1)OC[C@H]1O[C@@H](n2ccc(N3CCCC3)nc2=O)[C@](C)(O)[C@@H]1O. The third-order valence-electron chi connectivity index (χ3n) is 7.04. The van der Waals surface area contributed by atoms with Gasteiger partial charge in [-0.1, -0.05) is 48.7 Å². The summed E-state index contributed by atoms with van der Waals surface area (Å²) < 4.78 is 31.8. The molecule has 4 rings (SSSR count). The van der Waals surface area contributed by atoms with Gasteiger partial charge in [-0.25, -0.2) is 14.4 Å². The molecular formula is C27H37N4O9PS. The topological polar surface area (TPSA) is 173 Å². The highest BCUT2D eigenvalue weighted by atomic mass is 32.2. The van der Waals surface area contributed by atoms with Crippen LogP contribution >= 0.6 is 19.5 Å². The first-order valence-electron chi connectivity index (χ1n) is 13.6. The summed E-state index contributed by atoms with van der Waals surface area (Å²) in [6.45, 7) is 5.49. The fraction of sp³-hybridized carbons (Fsp3) is 0.519. The number of aliphatic hydroxyl groups is 3. The summed E-state index contributed by atoms with van der Waals surface area (Å²) in [4.78, 5) is 30.9. The number of carbonyl (C=O) groups excluding carboxylic acids is 1. The smallest absolute Gasteiger partial charge is 0.392 e. The van der Waals surface area contributed by atoms with E-state index in [-0.39, 0.29) is 24.5 Å². The second-order valence-corrected chi connectivity index (χ2v) is 13.1. The van der Waals surface area contributed by atoms with Crippen LogP contribution in [-0.4, -0.2) is 86.5 Å². The number of hydrogen-bond acceptors (Lipinski definition) is 12. The van der Waals surface area contributed by atoms with E-state index in [1.54, 1.807) is 6.07 Å². The number of hydrogen-bond donors (Lipinski definition) is 4. The highest BCUT2D eigenvalue weighted by Gasteiger charge is 2.54. The van der Waals surface area contributed by atoms with Gasteiger partial charge in [0.25, 0.3) is 0 Å². The quantitative estimate of drug-likeness (QED) is 0.136. The number of ether oxygens (including phenoxy) is 1. The van der Waals surface area contributed by atoms with Gasteiger partial charge in [0.05, 0.1) is 19.8 Å². The molecule has 4 N–H and O–H groups in total. The largest absolute Gasteiger partial charge is 0.405 e. The Morgan fingerprint density at radius 3 is 2.64 bits per heavy atom. The van der Waals surface area contributed by atoms with Gasteiger partial charge in [0.1, 0.15) is 23.6 Å². The second-order valence-electron chi connectivity index (χ2n) is 10.2. The molecule has 5 atom stereocenters. The van der Waals surface area contributed by atoms with Crippen molar-refractivity contribution in [3.05, 3.63) is 70.8 Å². The number of aliphatic hydroxyl groups excluding tert-OH is 2. The molecule has 0 aliphatic carbocycles. The van der Waals surface area contributed by atoms with Crippen molar-refractivity contribution in [3.8, 4) is 0 Å². The first kappa shape index (κ1) is 32.5. The average molecular weight is 625 g/mol. The Balaban J connectivity index is 1.42. The molecule has 2 aromatic rings. The molecule has 0 saturated carbocycles. The lowest BCUT2D eigenvalue weighted by Gasteiger charge is -2.28. The van der Waals surface area contributed by atoms with Crippen molar-refractivity contribution >= 4 is 30.4 Å². The summed E-state index contributed by atoms with van der Waals surface area (Å²) in [6, 6.07) is 10.8. The van der Waals surface area contributed by atoms with Crippen molar-refractivity contribution in [2.75, 3.05) is 43.6 Å². The zero-order chi connectivity index (χ0) is 30.3. The molecule has 1 aromatic heterocycles. The molecule has 1 aromatic carbocycles. The molecule has 13 nitrogen and oxygen atoms in total. The van der Waals surface area contributed by atoms with Crippen LogP contribution in [0, 0.1) is 0 Å². The van der Waals surface area contributed by atoms with E-state index in [1.165, 1.54) is 13.1 Å². The summed E-state index contributed by atoms with van der Waals surface area (Å²) in [5, 5.41) is 33.4. The van der Waals surface area contributed by atoms with Gasteiger partial charge in [0.15, 0.2) is 6.23 Å². The lowest BCUT2D eigenvalue weighted by molar-refractivity contribution is -0.108. The molecule has 230 valence electrons. The van der Waals surface area contributed by atoms with E-state index in [1.807, 2.05) is 35.2 Å². The molecular weight excluding hydrogens is 587 g/mol. The lowest BCUT2D eigenvalue weighted by atomic mass is 9.96. The molecule has 0 bridgehead atoms. The number of nitrogens with one attached hydrogen (secondary N) is 1. The van der Waals surface area contributed by atoms with Gasteiger partial charge in [0, 0.05) is 37.2 Å². The van der Waals surface area contributed by atoms with Gasteiger partial charge >= 0.3 is 13.4 Å². The van der Waals surface area contributed by atoms with Crippen LogP contribution in [0.1, 0.15) is 31.6 Å². The van der Waals surface area contributed by atoms with E-state index in [0.29, 0.717) is 5.82 Å². The Morgan fingerprint density at radius 2 is 1.98 bits per heavy atom. The van der Waals surface area contributed by atoms with Gasteiger partial charge in [-0.15, -0.1) is 0 Å². The van der Waals surface area contributed by atoms with E-state index in [9.17, 15) is 24.4 Å². The summed E-state index contributed by atoms with van der Waals surface area (Å²) in [6.07, 6.45) is -0.458. The van der Waals surface area contributed by atoms with Crippen molar-refractivity contribution in [2.24, 2.45) is 0 Å². The Labute approximate surface area is 248 Å². The van der Waals surface area contributed by atoms with E-state index >= 15 is 0 Å². The fourth-order valence-corrected chi connectivity index (χ4v) is 6.68. The highest BCUT2D eigenvalue weighted by molar-refractivity contribution is 8.14. The molecule has 42 heavy (non-hydrogen) atoms. The molecule has 2 fully saturated rings. The van der Waals surface area contributed by atoms with E-state index < -0.39 is 55.8 Å². The maximum absolute atomic E-state index is 13.6. The second kappa shape index (κ2) is 14.4. The number of thioether (sulfide) groups is 1. The number of nitrogens with zero attached hydrogens (tertiary/aromatic N) is 3. The fourth-order valence-electron chi connectivity index (χ4n) is 4.62. The molecule has 3 heterocycles. The Morgan fingerprint density at radius 1 is 1.26 bits per heavy atom. The monoisotopic (exact) mass is 624 g/mol. The van der Waals surface area contributed by atoms with Crippen molar-refractivity contribution in [1.29, 1.82) is 0 Å². The van der Waals surface area contributed by atoms with Crippen LogP contribution in [0.2, 0.25) is 0 Å². The van der Waals surface area contributed by atoms with E-state index in [0.717, 1.165) is 47.8 Å². The first-order valence-corrected chi connectivity index (χ1v) is 16.1. The van der Waals surface area contributed by atoms with Gasteiger partial charge in [-0.3, -0.25) is 18.4 Å². The van der Waals surface area contributed by atoms with Crippen LogP contribution in [0.15, 0.2) is 59.5 Å². The van der Waals surface area contributed by atoms with Crippen molar-refractivity contribution in [3.63, 3.8) is 0 Å². The molecule has 0 amide bonds. The lowest BCUT2D eigenvalue weighted by Crippen LogP contribution is -2.46. The Kier molecular flexibility index (Phi) is 11.1. The van der Waals surface area contributed by atoms with Crippen LogP contribution in [0.3, 0.4) is 0 Å². The minimum atomic E-state index is -4.02. The molecule has 15 heteroatoms. The first-order chi connectivity index (χ1) is 20.0. The molecule has 1 unspecified atom stereocenters. The van der Waals surface area contributed by atoms with Gasteiger partial charge in [-0.2, -0.15) is 4.98 Å². The average Bonchev–Trinajstić information content (AvgIpc) is 3.60. The Bertz CT molecular complexity index is 1340.